The van der Waals surface area contributed by atoms with Gasteiger partial charge in [-0.25, -0.2) is 0 Å². The van der Waals surface area contributed by atoms with E-state index in [-0.39, 0.29) is 5.41 Å². The molecule has 3 aliphatic carbocycles. The number of fused-ring (bicyclic) bond motifs is 4. The lowest BCUT2D eigenvalue weighted by Gasteiger charge is -2.49. The Labute approximate surface area is 146 Å². The summed E-state index contributed by atoms with van der Waals surface area (Å²) < 4.78 is 8.10. The molecule has 3 aromatic rings. The fourth-order valence-electron chi connectivity index (χ4n) is 4.45. The Kier molecular flexibility index (Phi) is 3.16. The zero-order chi connectivity index (χ0) is 16.9. The van der Waals surface area contributed by atoms with Crippen LogP contribution in [0.4, 0.5) is 0 Å². The second-order valence-electron chi connectivity index (χ2n) is 7.51. The van der Waals surface area contributed by atoms with E-state index in [4.69, 9.17) is 4.74 Å². The van der Waals surface area contributed by atoms with Gasteiger partial charge in [0.05, 0.1) is 5.60 Å². The number of aliphatic hydroxyl groups is 1. The van der Waals surface area contributed by atoms with Crippen molar-refractivity contribution >= 4 is 5.65 Å². The van der Waals surface area contributed by atoms with E-state index in [1.807, 2.05) is 48.7 Å². The van der Waals surface area contributed by atoms with E-state index in [1.54, 1.807) is 0 Å². The molecule has 0 amide bonds. The van der Waals surface area contributed by atoms with Gasteiger partial charge in [0, 0.05) is 11.6 Å². The Hall–Kier alpha value is -2.40. The van der Waals surface area contributed by atoms with Crippen LogP contribution in [0.2, 0.25) is 0 Å². The monoisotopic (exact) mass is 335 g/mol. The van der Waals surface area contributed by atoms with Crippen LogP contribution < -0.4 is 4.74 Å². The molecule has 0 unspecified atom stereocenters. The molecule has 3 aliphatic rings. The van der Waals surface area contributed by atoms with Crippen LogP contribution in [0.15, 0.2) is 48.7 Å². The Morgan fingerprint density at radius 2 is 1.60 bits per heavy atom. The lowest BCUT2D eigenvalue weighted by Crippen LogP contribution is -2.48. The first-order valence-corrected chi connectivity index (χ1v) is 8.97. The SMILES string of the molecule is OC12CCC(c3nnc4c(Oc5ccccc5)cccn34)(CC1)CC2. The minimum absolute atomic E-state index is 0.0370. The van der Waals surface area contributed by atoms with Gasteiger partial charge in [-0.15, -0.1) is 10.2 Å². The van der Waals surface area contributed by atoms with E-state index >= 15 is 0 Å². The number of hydrogen-bond donors (Lipinski definition) is 1. The van der Waals surface area contributed by atoms with Crippen molar-refractivity contribution in [1.82, 2.24) is 14.6 Å². The third kappa shape index (κ3) is 2.34. The molecular formula is C20H21N3O2. The van der Waals surface area contributed by atoms with Gasteiger partial charge in [0.2, 0.25) is 5.65 Å². The summed E-state index contributed by atoms with van der Waals surface area (Å²) in [5.41, 5.74) is 0.348. The third-order valence-corrected chi connectivity index (χ3v) is 6.05. The van der Waals surface area contributed by atoms with Crippen LogP contribution in [0.3, 0.4) is 0 Å². The van der Waals surface area contributed by atoms with Crippen LogP contribution in [0.25, 0.3) is 5.65 Å². The summed E-state index contributed by atoms with van der Waals surface area (Å²) in [7, 11) is 0. The van der Waals surface area contributed by atoms with Crippen LogP contribution >= 0.6 is 0 Å². The molecule has 1 N–H and O–H groups in total. The summed E-state index contributed by atoms with van der Waals surface area (Å²) in [5, 5.41) is 19.5. The highest BCUT2D eigenvalue weighted by Gasteiger charge is 2.50. The summed E-state index contributed by atoms with van der Waals surface area (Å²) in [6.07, 6.45) is 7.55. The Morgan fingerprint density at radius 3 is 2.32 bits per heavy atom. The molecule has 0 saturated heterocycles. The van der Waals surface area contributed by atoms with Crippen molar-refractivity contribution in [3.05, 3.63) is 54.5 Å². The molecule has 0 radical (unpaired) electrons. The van der Waals surface area contributed by atoms with Crippen molar-refractivity contribution in [2.24, 2.45) is 0 Å². The van der Waals surface area contributed by atoms with Gasteiger partial charge < -0.3 is 9.84 Å². The first-order valence-electron chi connectivity index (χ1n) is 8.97. The minimum Gasteiger partial charge on any atom is -0.453 e. The second-order valence-corrected chi connectivity index (χ2v) is 7.51. The quantitative estimate of drug-likeness (QED) is 0.789. The number of ether oxygens (including phenoxy) is 1. The molecule has 0 atom stereocenters. The van der Waals surface area contributed by atoms with Gasteiger partial charge >= 0.3 is 0 Å². The highest BCUT2D eigenvalue weighted by atomic mass is 16.5. The number of nitrogens with zero attached hydrogens (tertiary/aromatic N) is 3. The van der Waals surface area contributed by atoms with Crippen molar-refractivity contribution in [3.63, 3.8) is 0 Å². The molecule has 3 fully saturated rings. The summed E-state index contributed by atoms with van der Waals surface area (Å²) >= 11 is 0. The van der Waals surface area contributed by atoms with Crippen LogP contribution in [-0.2, 0) is 5.41 Å². The molecule has 5 nitrogen and oxygen atoms in total. The third-order valence-electron chi connectivity index (χ3n) is 6.05. The summed E-state index contributed by atoms with van der Waals surface area (Å²) in [4.78, 5) is 0. The molecule has 2 bridgehead atoms. The first-order chi connectivity index (χ1) is 12.2. The van der Waals surface area contributed by atoms with Crippen molar-refractivity contribution in [1.29, 1.82) is 0 Å². The minimum atomic E-state index is -0.441. The maximum atomic E-state index is 10.5. The van der Waals surface area contributed by atoms with Crippen LogP contribution in [0.5, 0.6) is 11.5 Å². The predicted octanol–water partition coefficient (Wildman–Crippen LogP) is 3.86. The predicted molar refractivity (Wildman–Crippen MR) is 93.8 cm³/mol. The highest BCUT2D eigenvalue weighted by molar-refractivity contribution is 5.55. The van der Waals surface area contributed by atoms with Crippen LogP contribution in [0.1, 0.15) is 44.3 Å². The molecule has 1 aromatic carbocycles. The van der Waals surface area contributed by atoms with Crippen LogP contribution in [0, 0.1) is 0 Å². The molecule has 0 aliphatic heterocycles. The maximum absolute atomic E-state index is 10.5. The highest BCUT2D eigenvalue weighted by Crippen LogP contribution is 2.53. The first kappa shape index (κ1) is 14.9. The number of rotatable bonds is 3. The Bertz CT molecular complexity index is 895. The van der Waals surface area contributed by atoms with Gasteiger partial charge in [0.1, 0.15) is 11.6 Å². The van der Waals surface area contributed by atoms with Gasteiger partial charge in [-0.2, -0.15) is 0 Å². The average molecular weight is 335 g/mol. The fraction of sp³-hybridized carbons (Fsp3) is 0.400. The number of pyridine rings is 1. The number of aromatic nitrogens is 3. The van der Waals surface area contributed by atoms with Gasteiger partial charge in [0.15, 0.2) is 5.75 Å². The van der Waals surface area contributed by atoms with E-state index in [0.29, 0.717) is 5.75 Å². The van der Waals surface area contributed by atoms with Gasteiger partial charge in [-0.1, -0.05) is 18.2 Å². The van der Waals surface area contributed by atoms with E-state index in [2.05, 4.69) is 14.6 Å². The molecule has 6 rings (SSSR count). The molecule has 3 saturated carbocycles. The van der Waals surface area contributed by atoms with Crippen molar-refractivity contribution in [2.75, 3.05) is 0 Å². The fourth-order valence-corrected chi connectivity index (χ4v) is 4.45. The summed E-state index contributed by atoms with van der Waals surface area (Å²) in [6.45, 7) is 0. The van der Waals surface area contributed by atoms with Crippen molar-refractivity contribution in [3.8, 4) is 11.5 Å². The standard InChI is InChI=1S/C20H21N3O2/c24-20-11-8-19(9-12-20,10-13-20)18-22-21-17-16(7-4-14-23(17)18)25-15-5-2-1-3-6-15/h1-7,14,24H,8-13H2. The normalized spacial score (nSPS) is 28.4. The van der Waals surface area contributed by atoms with Gasteiger partial charge in [-0.05, 0) is 62.8 Å². The van der Waals surface area contributed by atoms with Crippen molar-refractivity contribution in [2.45, 2.75) is 49.5 Å². The summed E-state index contributed by atoms with van der Waals surface area (Å²) in [5.74, 6) is 2.52. The Morgan fingerprint density at radius 1 is 0.880 bits per heavy atom. The lowest BCUT2D eigenvalue weighted by molar-refractivity contribution is -0.0682. The largest absolute Gasteiger partial charge is 0.453 e. The topological polar surface area (TPSA) is 59.7 Å². The van der Waals surface area contributed by atoms with Gasteiger partial charge in [0.25, 0.3) is 0 Å². The molecule has 128 valence electrons. The molecule has 0 spiro atoms. The number of para-hydroxylation sites is 1. The van der Waals surface area contributed by atoms with E-state index in [1.165, 1.54) is 0 Å². The average Bonchev–Trinajstić information content (AvgIpc) is 3.10. The number of hydrogen-bond acceptors (Lipinski definition) is 4. The smallest absolute Gasteiger partial charge is 0.203 e. The summed E-state index contributed by atoms with van der Waals surface area (Å²) in [6, 6.07) is 13.7. The van der Waals surface area contributed by atoms with Gasteiger partial charge in [-0.3, -0.25) is 4.40 Å². The number of benzene rings is 1. The molecule has 5 heteroatoms. The zero-order valence-electron chi connectivity index (χ0n) is 14.1. The van der Waals surface area contributed by atoms with E-state index in [9.17, 15) is 5.11 Å². The van der Waals surface area contributed by atoms with E-state index < -0.39 is 5.60 Å². The molecule has 2 aromatic heterocycles. The second kappa shape index (κ2) is 5.30. The lowest BCUT2D eigenvalue weighted by atomic mass is 9.58. The van der Waals surface area contributed by atoms with Crippen molar-refractivity contribution < 1.29 is 9.84 Å². The van der Waals surface area contributed by atoms with Crippen LogP contribution in [-0.4, -0.2) is 25.3 Å². The zero-order valence-corrected chi connectivity index (χ0v) is 14.1. The Balaban J connectivity index is 1.55. The maximum Gasteiger partial charge on any atom is 0.203 e. The van der Waals surface area contributed by atoms with E-state index in [0.717, 1.165) is 55.7 Å². The molecule has 2 heterocycles. The molecule has 25 heavy (non-hydrogen) atoms. The molecular weight excluding hydrogens is 314 g/mol.